The molecular formula is C28H20S2. The van der Waals surface area contributed by atoms with E-state index in [1.54, 1.807) is 0 Å². The second-order valence-corrected chi connectivity index (χ2v) is 10.2. The van der Waals surface area contributed by atoms with E-state index in [0.29, 0.717) is 0 Å². The second kappa shape index (κ2) is 6.80. The van der Waals surface area contributed by atoms with Crippen molar-refractivity contribution in [2.24, 2.45) is 0 Å². The van der Waals surface area contributed by atoms with Crippen molar-refractivity contribution in [3.63, 3.8) is 0 Å². The van der Waals surface area contributed by atoms with Crippen LogP contribution in [0.25, 0.3) is 51.8 Å². The third-order valence-electron chi connectivity index (χ3n) is 5.78. The van der Waals surface area contributed by atoms with Crippen LogP contribution in [0.2, 0.25) is 0 Å². The summed E-state index contributed by atoms with van der Waals surface area (Å²) in [6, 6.07) is 31.7. The second-order valence-electron chi connectivity index (χ2n) is 8.08. The number of hydrogen-bond donors (Lipinski definition) is 0. The maximum absolute atomic E-state index is 2.36. The van der Waals surface area contributed by atoms with E-state index >= 15 is 0 Å². The van der Waals surface area contributed by atoms with E-state index in [2.05, 4.69) is 98.8 Å². The van der Waals surface area contributed by atoms with Gasteiger partial charge in [-0.1, -0.05) is 59.7 Å². The maximum atomic E-state index is 2.36. The molecule has 0 radical (unpaired) electrons. The fourth-order valence-electron chi connectivity index (χ4n) is 4.04. The van der Waals surface area contributed by atoms with Crippen molar-refractivity contribution in [1.82, 2.24) is 0 Å². The maximum Gasteiger partial charge on any atom is 0.0355 e. The van der Waals surface area contributed by atoms with Crippen LogP contribution in [-0.2, 0) is 0 Å². The lowest BCUT2D eigenvalue weighted by Gasteiger charge is -1.99. The molecule has 0 N–H and O–H groups in total. The van der Waals surface area contributed by atoms with Crippen LogP contribution in [-0.4, -0.2) is 0 Å². The number of fused-ring (bicyclic) bond motifs is 3. The zero-order valence-electron chi connectivity index (χ0n) is 16.9. The van der Waals surface area contributed by atoms with Gasteiger partial charge in [0.1, 0.15) is 0 Å². The highest BCUT2D eigenvalue weighted by atomic mass is 32.1. The molecule has 0 saturated heterocycles. The van der Waals surface area contributed by atoms with E-state index in [1.807, 2.05) is 22.7 Å². The monoisotopic (exact) mass is 420 g/mol. The van der Waals surface area contributed by atoms with Crippen molar-refractivity contribution < 1.29 is 0 Å². The zero-order valence-corrected chi connectivity index (χ0v) is 18.5. The quantitative estimate of drug-likeness (QED) is 0.262. The molecule has 144 valence electrons. The van der Waals surface area contributed by atoms with E-state index in [1.165, 1.54) is 63.0 Å². The Kier molecular flexibility index (Phi) is 4.05. The minimum atomic E-state index is 1.30. The Hall–Kier alpha value is -2.94. The molecule has 2 aromatic heterocycles. The molecule has 0 bridgehead atoms. The minimum absolute atomic E-state index is 1.30. The van der Waals surface area contributed by atoms with Gasteiger partial charge in [0.15, 0.2) is 0 Å². The predicted molar refractivity (Wildman–Crippen MR) is 135 cm³/mol. The molecule has 2 heterocycles. The third kappa shape index (κ3) is 3.04. The molecule has 0 saturated carbocycles. The summed E-state index contributed by atoms with van der Waals surface area (Å²) < 4.78 is 2.71. The van der Waals surface area contributed by atoms with Crippen LogP contribution in [0.15, 0.2) is 84.9 Å². The van der Waals surface area contributed by atoms with Gasteiger partial charge < -0.3 is 0 Å². The summed E-state index contributed by atoms with van der Waals surface area (Å²) in [5.74, 6) is 0. The molecule has 0 fully saturated rings. The first-order chi connectivity index (χ1) is 14.6. The molecule has 0 aliphatic heterocycles. The lowest BCUT2D eigenvalue weighted by molar-refractivity contribution is 1.48. The summed E-state index contributed by atoms with van der Waals surface area (Å²) >= 11 is 3.76. The van der Waals surface area contributed by atoms with Crippen LogP contribution in [0, 0.1) is 13.8 Å². The standard InChI is InChI=1S/C28H20S2/c1-17-3-7-19(8-4-17)25-15-23-11-21-14-28-24(12-22(21)13-27(23)29-25)16-26(30-28)20-9-5-18(2)6-10-20/h3-16H,1-2H3. The zero-order chi connectivity index (χ0) is 20.2. The first kappa shape index (κ1) is 17.9. The Morgan fingerprint density at radius 1 is 0.433 bits per heavy atom. The number of thiophene rings is 2. The smallest absolute Gasteiger partial charge is 0.0355 e. The van der Waals surface area contributed by atoms with Gasteiger partial charge in [-0.3, -0.25) is 0 Å². The van der Waals surface area contributed by atoms with Gasteiger partial charge in [0.05, 0.1) is 0 Å². The van der Waals surface area contributed by atoms with Gasteiger partial charge in [-0.2, -0.15) is 0 Å². The largest absolute Gasteiger partial charge is 0.135 e. The molecule has 0 amide bonds. The van der Waals surface area contributed by atoms with Gasteiger partial charge >= 0.3 is 0 Å². The Balaban J connectivity index is 1.47. The minimum Gasteiger partial charge on any atom is -0.135 e. The van der Waals surface area contributed by atoms with Crippen molar-refractivity contribution >= 4 is 53.6 Å². The summed E-state index contributed by atoms with van der Waals surface area (Å²) in [6.45, 7) is 4.27. The van der Waals surface area contributed by atoms with Gasteiger partial charge in [0.2, 0.25) is 0 Å². The Bertz CT molecular complexity index is 1340. The highest BCUT2D eigenvalue weighted by molar-refractivity contribution is 7.22. The van der Waals surface area contributed by atoms with Crippen molar-refractivity contribution in [3.8, 4) is 20.9 Å². The molecule has 0 aliphatic carbocycles. The number of rotatable bonds is 2. The summed E-state index contributed by atoms with van der Waals surface area (Å²) in [5.41, 5.74) is 5.20. The number of aryl methyl sites for hydroxylation is 2. The van der Waals surface area contributed by atoms with Crippen molar-refractivity contribution in [2.75, 3.05) is 0 Å². The van der Waals surface area contributed by atoms with Crippen LogP contribution in [0.3, 0.4) is 0 Å². The molecule has 30 heavy (non-hydrogen) atoms. The molecule has 2 heteroatoms. The molecule has 0 atom stereocenters. The Morgan fingerprint density at radius 3 is 1.23 bits per heavy atom. The Labute approximate surface area is 184 Å². The molecule has 0 aliphatic rings. The molecule has 6 rings (SSSR count). The van der Waals surface area contributed by atoms with Gasteiger partial charge in [-0.25, -0.2) is 0 Å². The molecule has 0 spiro atoms. The van der Waals surface area contributed by atoms with Crippen molar-refractivity contribution in [1.29, 1.82) is 0 Å². The average Bonchev–Trinajstić information content (AvgIpc) is 3.34. The van der Waals surface area contributed by atoms with Gasteiger partial charge in [-0.15, -0.1) is 22.7 Å². The fraction of sp³-hybridized carbons (Fsp3) is 0.0714. The normalized spacial score (nSPS) is 11.7. The number of benzene rings is 4. The summed E-state index contributed by atoms with van der Waals surface area (Å²) in [7, 11) is 0. The van der Waals surface area contributed by atoms with Crippen LogP contribution in [0.1, 0.15) is 11.1 Å². The van der Waals surface area contributed by atoms with Crippen molar-refractivity contribution in [2.45, 2.75) is 13.8 Å². The van der Waals surface area contributed by atoms with Gasteiger partial charge in [0.25, 0.3) is 0 Å². The highest BCUT2D eigenvalue weighted by Crippen LogP contribution is 2.39. The summed E-state index contributed by atoms with van der Waals surface area (Å²) in [6.07, 6.45) is 0. The number of hydrogen-bond acceptors (Lipinski definition) is 2. The predicted octanol–water partition coefficient (Wildman–Crippen LogP) is 9.22. The fourth-order valence-corrected chi connectivity index (χ4v) is 6.24. The first-order valence-electron chi connectivity index (χ1n) is 10.2. The van der Waals surface area contributed by atoms with E-state index in [4.69, 9.17) is 0 Å². The molecule has 0 unspecified atom stereocenters. The third-order valence-corrected chi connectivity index (χ3v) is 8.08. The lowest BCUT2D eigenvalue weighted by Crippen LogP contribution is -1.73. The van der Waals surface area contributed by atoms with E-state index in [9.17, 15) is 0 Å². The molecule has 4 aromatic carbocycles. The SMILES string of the molecule is Cc1ccc(-c2cc3cc4cc5sc(-c6ccc(C)cc6)cc5cc4cc3s2)cc1. The topological polar surface area (TPSA) is 0 Å². The van der Waals surface area contributed by atoms with Gasteiger partial charge in [0, 0.05) is 19.2 Å². The van der Waals surface area contributed by atoms with E-state index < -0.39 is 0 Å². The average molecular weight is 421 g/mol. The lowest BCUT2D eigenvalue weighted by atomic mass is 10.1. The highest BCUT2D eigenvalue weighted by Gasteiger charge is 2.09. The van der Waals surface area contributed by atoms with Crippen LogP contribution in [0.5, 0.6) is 0 Å². The van der Waals surface area contributed by atoms with Gasteiger partial charge in [-0.05, 0) is 82.9 Å². The van der Waals surface area contributed by atoms with Crippen LogP contribution < -0.4 is 0 Å². The summed E-state index contributed by atoms with van der Waals surface area (Å²) in [4.78, 5) is 2.67. The van der Waals surface area contributed by atoms with Crippen LogP contribution >= 0.6 is 22.7 Å². The molecule has 6 aromatic rings. The summed E-state index contributed by atoms with van der Waals surface area (Å²) in [5, 5.41) is 5.30. The van der Waals surface area contributed by atoms with E-state index in [0.717, 1.165) is 0 Å². The van der Waals surface area contributed by atoms with Crippen molar-refractivity contribution in [3.05, 3.63) is 96.1 Å². The first-order valence-corrected chi connectivity index (χ1v) is 11.8. The van der Waals surface area contributed by atoms with Crippen LogP contribution in [0.4, 0.5) is 0 Å². The molecular weight excluding hydrogens is 400 g/mol. The molecule has 0 nitrogen and oxygen atoms in total. The Morgan fingerprint density at radius 2 is 0.833 bits per heavy atom. The van der Waals surface area contributed by atoms with E-state index in [-0.39, 0.29) is 0 Å².